The largest absolute Gasteiger partial charge is 0.368 e. The molecule has 0 fully saturated rings. The first-order valence-corrected chi connectivity index (χ1v) is 7.87. The van der Waals surface area contributed by atoms with Crippen molar-refractivity contribution in [2.45, 2.75) is 26.3 Å². The molecule has 1 unspecified atom stereocenters. The first-order valence-electron chi connectivity index (χ1n) is 7.08. The topological polar surface area (TPSA) is 58.4 Å². The number of amides is 1. The third-order valence-electron chi connectivity index (χ3n) is 3.76. The summed E-state index contributed by atoms with van der Waals surface area (Å²) in [5.41, 5.74) is 5.16. The molecule has 21 heavy (non-hydrogen) atoms. The van der Waals surface area contributed by atoms with E-state index in [4.69, 9.17) is 5.73 Å². The third-order valence-corrected chi connectivity index (χ3v) is 4.42. The lowest BCUT2D eigenvalue weighted by Gasteiger charge is -2.30. The molecule has 0 saturated heterocycles. The molecule has 1 atom stereocenters. The van der Waals surface area contributed by atoms with Crippen molar-refractivity contribution in [1.29, 1.82) is 0 Å². The van der Waals surface area contributed by atoms with Crippen molar-refractivity contribution in [2.75, 3.05) is 26.2 Å². The maximum Gasteiger partial charge on any atom is 0.242 e. The summed E-state index contributed by atoms with van der Waals surface area (Å²) >= 11 is 3.30. The van der Waals surface area contributed by atoms with E-state index in [1.807, 2.05) is 0 Å². The number of hydrogen-bond acceptors (Lipinski definition) is 3. The minimum atomic E-state index is -1.04. The van der Waals surface area contributed by atoms with Crippen LogP contribution in [0.2, 0.25) is 0 Å². The normalized spacial score (nSPS) is 14.2. The predicted molar refractivity (Wildman–Crippen MR) is 86.4 cm³/mol. The Morgan fingerprint density at radius 3 is 2.52 bits per heavy atom. The Morgan fingerprint density at radius 1 is 1.43 bits per heavy atom. The molecule has 0 spiro atoms. The second-order valence-corrected chi connectivity index (χ2v) is 5.92. The molecule has 118 valence electrons. The highest BCUT2D eigenvalue weighted by Crippen LogP contribution is 2.29. The molecule has 1 aromatic carbocycles. The number of carbonyl (C=O) groups is 1. The van der Waals surface area contributed by atoms with Gasteiger partial charge in [0.15, 0.2) is 0 Å². The van der Waals surface area contributed by atoms with Crippen molar-refractivity contribution in [3.05, 3.63) is 34.1 Å². The Bertz CT molecular complexity index is 494. The average Bonchev–Trinajstić information content (AvgIpc) is 2.43. The molecule has 3 N–H and O–H groups in total. The van der Waals surface area contributed by atoms with Crippen LogP contribution in [-0.2, 0) is 10.3 Å². The lowest BCUT2D eigenvalue weighted by atomic mass is 9.91. The van der Waals surface area contributed by atoms with E-state index in [-0.39, 0.29) is 5.82 Å². The molecule has 0 saturated carbocycles. The SMILES string of the molecule is CCN(CC)CCNC(C)(C(N)=O)c1ccc(F)cc1Br. The highest BCUT2D eigenvalue weighted by atomic mass is 79.9. The minimum absolute atomic E-state index is 0.361. The van der Waals surface area contributed by atoms with Gasteiger partial charge in [-0.15, -0.1) is 0 Å². The Balaban J connectivity index is 2.90. The monoisotopic (exact) mass is 359 g/mol. The van der Waals surface area contributed by atoms with Crippen molar-refractivity contribution in [3.63, 3.8) is 0 Å². The van der Waals surface area contributed by atoms with Crippen molar-refractivity contribution >= 4 is 21.8 Å². The molecule has 1 rings (SSSR count). The Morgan fingerprint density at radius 2 is 2.05 bits per heavy atom. The maximum atomic E-state index is 13.2. The van der Waals surface area contributed by atoms with E-state index in [2.05, 4.69) is 40.0 Å². The summed E-state index contributed by atoms with van der Waals surface area (Å²) < 4.78 is 13.7. The van der Waals surface area contributed by atoms with Crippen molar-refractivity contribution < 1.29 is 9.18 Å². The zero-order valence-corrected chi connectivity index (χ0v) is 14.3. The van der Waals surface area contributed by atoms with Gasteiger partial charge in [0.2, 0.25) is 5.91 Å². The molecule has 6 heteroatoms. The van der Waals surface area contributed by atoms with E-state index in [0.29, 0.717) is 16.6 Å². The number of likely N-dealkylation sites (N-methyl/N-ethyl adjacent to an activating group) is 1. The molecule has 1 amide bonds. The van der Waals surface area contributed by atoms with E-state index >= 15 is 0 Å². The Hall–Kier alpha value is -0.980. The van der Waals surface area contributed by atoms with E-state index < -0.39 is 11.4 Å². The Kier molecular flexibility index (Phi) is 6.77. The number of benzene rings is 1. The van der Waals surface area contributed by atoms with Crippen LogP contribution in [0.5, 0.6) is 0 Å². The van der Waals surface area contributed by atoms with E-state index in [1.54, 1.807) is 13.0 Å². The number of rotatable bonds is 8. The first-order chi connectivity index (χ1) is 9.85. The summed E-state index contributed by atoms with van der Waals surface area (Å²) in [5, 5.41) is 3.20. The van der Waals surface area contributed by atoms with Crippen molar-refractivity contribution in [3.8, 4) is 0 Å². The van der Waals surface area contributed by atoms with Gasteiger partial charge in [0.1, 0.15) is 11.4 Å². The molecule has 0 heterocycles. The van der Waals surface area contributed by atoms with Gasteiger partial charge in [0, 0.05) is 17.6 Å². The van der Waals surface area contributed by atoms with Gasteiger partial charge in [-0.1, -0.05) is 35.8 Å². The van der Waals surface area contributed by atoms with E-state index in [1.165, 1.54) is 12.1 Å². The van der Waals surface area contributed by atoms with Gasteiger partial charge < -0.3 is 10.6 Å². The van der Waals surface area contributed by atoms with Crippen LogP contribution < -0.4 is 11.1 Å². The number of halogens is 2. The van der Waals surface area contributed by atoms with Crippen LogP contribution in [-0.4, -0.2) is 37.0 Å². The van der Waals surface area contributed by atoms with Gasteiger partial charge in [-0.25, -0.2) is 4.39 Å². The fourth-order valence-electron chi connectivity index (χ4n) is 2.21. The molecule has 0 aliphatic rings. The third kappa shape index (κ3) is 4.49. The zero-order chi connectivity index (χ0) is 16.0. The highest BCUT2D eigenvalue weighted by Gasteiger charge is 2.34. The van der Waals surface area contributed by atoms with Crippen LogP contribution in [0.15, 0.2) is 22.7 Å². The van der Waals surface area contributed by atoms with Crippen LogP contribution >= 0.6 is 15.9 Å². The minimum Gasteiger partial charge on any atom is -0.368 e. The number of nitrogens with zero attached hydrogens (tertiary/aromatic N) is 1. The smallest absolute Gasteiger partial charge is 0.242 e. The maximum absolute atomic E-state index is 13.2. The molecule has 0 bridgehead atoms. The summed E-state index contributed by atoms with van der Waals surface area (Å²) in [4.78, 5) is 14.1. The van der Waals surface area contributed by atoms with Crippen LogP contribution in [0.4, 0.5) is 4.39 Å². The summed E-state index contributed by atoms with van der Waals surface area (Å²) in [6, 6.07) is 4.24. The quantitative estimate of drug-likeness (QED) is 0.748. The van der Waals surface area contributed by atoms with Gasteiger partial charge in [0.05, 0.1) is 0 Å². The van der Waals surface area contributed by atoms with Crippen molar-refractivity contribution in [2.24, 2.45) is 5.73 Å². The van der Waals surface area contributed by atoms with Gasteiger partial charge in [-0.2, -0.15) is 0 Å². The van der Waals surface area contributed by atoms with Gasteiger partial charge in [-0.3, -0.25) is 10.1 Å². The van der Waals surface area contributed by atoms with Crippen LogP contribution in [0, 0.1) is 5.82 Å². The summed E-state index contributed by atoms with van der Waals surface area (Å²) in [6.07, 6.45) is 0. The average molecular weight is 360 g/mol. The van der Waals surface area contributed by atoms with Gasteiger partial charge in [0.25, 0.3) is 0 Å². The van der Waals surface area contributed by atoms with Crippen LogP contribution in [0.25, 0.3) is 0 Å². The number of nitrogens with two attached hydrogens (primary N) is 1. The summed E-state index contributed by atoms with van der Waals surface area (Å²) in [6.45, 7) is 9.23. The lowest BCUT2D eigenvalue weighted by molar-refractivity contribution is -0.124. The molecule has 0 aromatic heterocycles. The number of hydrogen-bond donors (Lipinski definition) is 2. The lowest BCUT2D eigenvalue weighted by Crippen LogP contribution is -2.52. The van der Waals surface area contributed by atoms with E-state index in [9.17, 15) is 9.18 Å². The Labute approximate surface area is 134 Å². The van der Waals surface area contributed by atoms with E-state index in [0.717, 1.165) is 19.6 Å². The van der Waals surface area contributed by atoms with Crippen LogP contribution in [0.3, 0.4) is 0 Å². The summed E-state index contributed by atoms with van der Waals surface area (Å²) in [5.74, 6) is -0.852. The molecule has 4 nitrogen and oxygen atoms in total. The highest BCUT2D eigenvalue weighted by molar-refractivity contribution is 9.10. The zero-order valence-electron chi connectivity index (χ0n) is 12.7. The van der Waals surface area contributed by atoms with Gasteiger partial charge in [-0.05, 0) is 37.7 Å². The second-order valence-electron chi connectivity index (χ2n) is 5.07. The fraction of sp³-hybridized carbons (Fsp3) is 0.533. The van der Waals surface area contributed by atoms with Crippen LogP contribution in [0.1, 0.15) is 26.3 Å². The molecule has 0 aliphatic heterocycles. The molecular formula is C15H23BrFN3O. The molecule has 0 radical (unpaired) electrons. The molecule has 0 aliphatic carbocycles. The number of nitrogens with one attached hydrogen (secondary N) is 1. The van der Waals surface area contributed by atoms with Gasteiger partial charge >= 0.3 is 0 Å². The number of primary amides is 1. The molecule has 1 aromatic rings. The molecular weight excluding hydrogens is 337 g/mol. The second kappa shape index (κ2) is 7.87. The standard InChI is InChI=1S/C15H23BrFN3O/c1-4-20(5-2)9-8-19-15(3,14(18)21)12-7-6-11(17)10-13(12)16/h6-7,10,19H,4-5,8-9H2,1-3H3,(H2,18,21). The summed E-state index contributed by atoms with van der Waals surface area (Å²) in [7, 11) is 0. The predicted octanol–water partition coefficient (Wildman–Crippen LogP) is 2.22. The fourth-order valence-corrected chi connectivity index (χ4v) is 2.96. The van der Waals surface area contributed by atoms with Crippen molar-refractivity contribution in [1.82, 2.24) is 10.2 Å². The first kappa shape index (κ1) is 18.1. The number of carbonyl (C=O) groups excluding carboxylic acids is 1.